The molecule has 8 heteroatoms. The molecule has 2 amide bonds. The maximum absolute atomic E-state index is 12.2. The number of hydrogen-bond acceptors (Lipinski definition) is 6. The third kappa shape index (κ3) is 5.19. The summed E-state index contributed by atoms with van der Waals surface area (Å²) in [6.07, 6.45) is 8.29. The Bertz CT molecular complexity index is 928. The molecule has 1 aromatic rings. The standard InChI is InChI=1S/C21H21N3O5/c1-13(17-11-14-5-3-4-6-18(14)29-21(17)27)23-24-20(26)12-19(25)22-15-7-9-16(28-2)10-8-15/h3-11,17-18H,12H2,1-2H3,(H,22,25)(H,24,26)/b23-13+. The zero-order chi connectivity index (χ0) is 20.8. The van der Waals surface area contributed by atoms with Crippen molar-refractivity contribution in [3.8, 4) is 5.75 Å². The molecule has 1 aliphatic heterocycles. The predicted molar refractivity (Wildman–Crippen MR) is 107 cm³/mol. The number of anilines is 1. The van der Waals surface area contributed by atoms with E-state index in [0.29, 0.717) is 17.1 Å². The maximum atomic E-state index is 12.2. The number of esters is 1. The molecule has 8 nitrogen and oxygen atoms in total. The molecule has 1 aliphatic carbocycles. The lowest BCUT2D eigenvalue weighted by molar-refractivity contribution is -0.147. The molecule has 0 bridgehead atoms. The van der Waals surface area contributed by atoms with Crippen LogP contribution in [0.5, 0.6) is 5.75 Å². The minimum Gasteiger partial charge on any atom is -0.497 e. The van der Waals surface area contributed by atoms with E-state index in [0.717, 1.165) is 5.57 Å². The molecule has 0 fully saturated rings. The number of rotatable bonds is 6. The zero-order valence-corrected chi connectivity index (χ0v) is 16.0. The summed E-state index contributed by atoms with van der Waals surface area (Å²) in [4.78, 5) is 36.1. The first-order valence-corrected chi connectivity index (χ1v) is 9.00. The van der Waals surface area contributed by atoms with Crippen LogP contribution in [-0.2, 0) is 19.1 Å². The quantitative estimate of drug-likeness (QED) is 0.332. The molecule has 2 N–H and O–H groups in total. The minimum absolute atomic E-state index is 0.368. The summed E-state index contributed by atoms with van der Waals surface area (Å²) in [5, 5.41) is 6.56. The summed E-state index contributed by atoms with van der Waals surface area (Å²) >= 11 is 0. The first-order chi connectivity index (χ1) is 14.0. The molecule has 0 saturated heterocycles. The average molecular weight is 395 g/mol. The van der Waals surface area contributed by atoms with Gasteiger partial charge in [0.15, 0.2) is 0 Å². The smallest absolute Gasteiger partial charge is 0.319 e. The summed E-state index contributed by atoms with van der Waals surface area (Å²) in [6.45, 7) is 1.61. The van der Waals surface area contributed by atoms with Crippen molar-refractivity contribution in [3.63, 3.8) is 0 Å². The van der Waals surface area contributed by atoms with Crippen LogP contribution in [0.3, 0.4) is 0 Å². The van der Waals surface area contributed by atoms with E-state index in [4.69, 9.17) is 9.47 Å². The Morgan fingerprint density at radius 3 is 2.66 bits per heavy atom. The molecule has 2 aliphatic rings. The topological polar surface area (TPSA) is 106 Å². The number of allylic oxidation sites excluding steroid dienone is 2. The monoisotopic (exact) mass is 395 g/mol. The number of hydrazone groups is 1. The third-order valence-corrected chi connectivity index (χ3v) is 4.37. The van der Waals surface area contributed by atoms with Gasteiger partial charge in [-0.15, -0.1) is 0 Å². The number of carbonyl (C=O) groups is 3. The van der Waals surface area contributed by atoms with Crippen molar-refractivity contribution in [2.75, 3.05) is 12.4 Å². The molecule has 3 rings (SSSR count). The van der Waals surface area contributed by atoms with Crippen molar-refractivity contribution in [2.24, 2.45) is 11.0 Å². The fourth-order valence-electron chi connectivity index (χ4n) is 2.83. The van der Waals surface area contributed by atoms with Crippen molar-refractivity contribution in [1.82, 2.24) is 5.43 Å². The van der Waals surface area contributed by atoms with Gasteiger partial charge in [-0.2, -0.15) is 5.10 Å². The number of amides is 2. The highest BCUT2D eigenvalue weighted by molar-refractivity contribution is 6.06. The van der Waals surface area contributed by atoms with Gasteiger partial charge in [0.25, 0.3) is 0 Å². The van der Waals surface area contributed by atoms with Gasteiger partial charge in [-0.3, -0.25) is 14.4 Å². The van der Waals surface area contributed by atoms with E-state index in [9.17, 15) is 14.4 Å². The van der Waals surface area contributed by atoms with E-state index < -0.39 is 30.1 Å². The molecule has 0 spiro atoms. The number of hydrogen-bond donors (Lipinski definition) is 2. The van der Waals surface area contributed by atoms with Gasteiger partial charge in [0.1, 0.15) is 24.2 Å². The van der Waals surface area contributed by atoms with Gasteiger partial charge in [0, 0.05) is 5.69 Å². The summed E-state index contributed by atoms with van der Waals surface area (Å²) in [5.41, 5.74) is 4.08. The summed E-state index contributed by atoms with van der Waals surface area (Å²) in [7, 11) is 1.55. The highest BCUT2D eigenvalue weighted by Crippen LogP contribution is 2.25. The Morgan fingerprint density at radius 2 is 1.93 bits per heavy atom. The van der Waals surface area contributed by atoms with Crippen molar-refractivity contribution >= 4 is 29.2 Å². The van der Waals surface area contributed by atoms with Crippen molar-refractivity contribution in [1.29, 1.82) is 0 Å². The molecule has 29 heavy (non-hydrogen) atoms. The van der Waals surface area contributed by atoms with Crippen molar-refractivity contribution < 1.29 is 23.9 Å². The molecule has 2 atom stereocenters. The van der Waals surface area contributed by atoms with E-state index in [2.05, 4.69) is 15.8 Å². The van der Waals surface area contributed by atoms with E-state index in [1.165, 1.54) is 0 Å². The van der Waals surface area contributed by atoms with Gasteiger partial charge in [-0.1, -0.05) is 24.3 Å². The second kappa shape index (κ2) is 9.01. The van der Waals surface area contributed by atoms with Gasteiger partial charge in [-0.05, 0) is 42.8 Å². The Balaban J connectivity index is 1.54. The SMILES string of the molecule is COc1ccc(NC(=O)CC(=O)N/N=C(\C)C2C=C3C=CC=CC3OC2=O)cc1. The van der Waals surface area contributed by atoms with Crippen LogP contribution >= 0.6 is 0 Å². The van der Waals surface area contributed by atoms with Crippen molar-refractivity contribution in [3.05, 3.63) is 60.2 Å². The lowest BCUT2D eigenvalue weighted by Crippen LogP contribution is -2.34. The number of carbonyl (C=O) groups excluding carboxylic acids is 3. The predicted octanol–water partition coefficient (Wildman–Crippen LogP) is 2.11. The number of ether oxygens (including phenoxy) is 2. The zero-order valence-electron chi connectivity index (χ0n) is 16.0. The van der Waals surface area contributed by atoms with Crippen LogP contribution < -0.4 is 15.5 Å². The Labute approximate surface area is 168 Å². The number of fused-ring (bicyclic) bond motifs is 1. The van der Waals surface area contributed by atoms with E-state index in [1.807, 2.05) is 18.2 Å². The van der Waals surface area contributed by atoms with Crippen LogP contribution in [0, 0.1) is 5.92 Å². The van der Waals surface area contributed by atoms with Crippen LogP contribution in [-0.4, -0.2) is 36.7 Å². The number of benzene rings is 1. The number of methoxy groups -OCH3 is 1. The van der Waals surface area contributed by atoms with E-state index in [-0.39, 0.29) is 6.10 Å². The van der Waals surface area contributed by atoms with Gasteiger partial charge < -0.3 is 14.8 Å². The summed E-state index contributed by atoms with van der Waals surface area (Å²) in [5.74, 6) is -1.54. The fourth-order valence-corrected chi connectivity index (χ4v) is 2.83. The summed E-state index contributed by atoms with van der Waals surface area (Å²) in [6, 6.07) is 6.73. The largest absolute Gasteiger partial charge is 0.497 e. The second-order valence-corrected chi connectivity index (χ2v) is 6.49. The molecule has 0 radical (unpaired) electrons. The van der Waals surface area contributed by atoms with Crippen LogP contribution in [0.15, 0.2) is 65.3 Å². The van der Waals surface area contributed by atoms with E-state index >= 15 is 0 Å². The second-order valence-electron chi connectivity index (χ2n) is 6.49. The first kappa shape index (κ1) is 20.1. The molecule has 2 unspecified atom stereocenters. The fraction of sp³-hybridized carbons (Fsp3) is 0.238. The molecule has 1 heterocycles. The Kier molecular flexibility index (Phi) is 6.23. The normalized spacial score (nSPS) is 20.3. The van der Waals surface area contributed by atoms with Crippen LogP contribution in [0.2, 0.25) is 0 Å². The third-order valence-electron chi connectivity index (χ3n) is 4.37. The Hall–Kier alpha value is -3.68. The lowest BCUT2D eigenvalue weighted by Gasteiger charge is -2.26. The minimum atomic E-state index is -0.689. The van der Waals surface area contributed by atoms with Gasteiger partial charge >= 0.3 is 5.97 Å². The molecule has 0 saturated carbocycles. The van der Waals surface area contributed by atoms with Gasteiger partial charge in [-0.25, -0.2) is 5.43 Å². The Morgan fingerprint density at radius 1 is 1.17 bits per heavy atom. The van der Waals surface area contributed by atoms with Crippen LogP contribution in [0.1, 0.15) is 13.3 Å². The summed E-state index contributed by atoms with van der Waals surface area (Å²) < 4.78 is 10.4. The maximum Gasteiger partial charge on any atom is 0.319 e. The molecule has 1 aromatic carbocycles. The van der Waals surface area contributed by atoms with Gasteiger partial charge in [0.05, 0.1) is 12.8 Å². The van der Waals surface area contributed by atoms with Crippen LogP contribution in [0.25, 0.3) is 0 Å². The molecule has 0 aromatic heterocycles. The highest BCUT2D eigenvalue weighted by atomic mass is 16.5. The average Bonchev–Trinajstić information content (AvgIpc) is 2.72. The number of nitrogens with one attached hydrogen (secondary N) is 2. The van der Waals surface area contributed by atoms with Crippen molar-refractivity contribution in [2.45, 2.75) is 19.4 Å². The first-order valence-electron chi connectivity index (χ1n) is 9.00. The van der Waals surface area contributed by atoms with E-state index in [1.54, 1.807) is 50.5 Å². The molecule has 150 valence electrons. The van der Waals surface area contributed by atoms with Crippen LogP contribution in [0.4, 0.5) is 5.69 Å². The number of nitrogens with zero attached hydrogens (tertiary/aromatic N) is 1. The van der Waals surface area contributed by atoms with Gasteiger partial charge in [0.2, 0.25) is 11.8 Å². The molecular formula is C21H21N3O5. The lowest BCUT2D eigenvalue weighted by atomic mass is 9.93. The molecular weight excluding hydrogens is 374 g/mol. The highest BCUT2D eigenvalue weighted by Gasteiger charge is 2.31.